The second kappa shape index (κ2) is 10.9. The van der Waals surface area contributed by atoms with Crippen molar-refractivity contribution in [2.45, 2.75) is 114 Å². The van der Waals surface area contributed by atoms with Crippen molar-refractivity contribution >= 4 is 17.7 Å². The van der Waals surface area contributed by atoms with Crippen molar-refractivity contribution in [2.24, 2.45) is 11.8 Å². The van der Waals surface area contributed by atoms with Crippen molar-refractivity contribution < 1.29 is 14.1 Å². The zero-order valence-corrected chi connectivity index (χ0v) is 20.1. The van der Waals surface area contributed by atoms with Crippen LogP contribution in [0.2, 0.25) is 0 Å². The topological polar surface area (TPSA) is 64.4 Å². The zero-order valence-electron chi connectivity index (χ0n) is 19.3. The van der Waals surface area contributed by atoms with Gasteiger partial charge in [-0.2, -0.15) is 0 Å². The third-order valence-corrected chi connectivity index (χ3v) is 8.31. The summed E-state index contributed by atoms with van der Waals surface area (Å²) in [4.78, 5) is 14.0. The Balaban J connectivity index is 1.69. The van der Waals surface area contributed by atoms with E-state index in [1.165, 1.54) is 44.9 Å². The van der Waals surface area contributed by atoms with Gasteiger partial charge in [-0.05, 0) is 56.5 Å². The fourth-order valence-electron chi connectivity index (χ4n) is 4.99. The van der Waals surface area contributed by atoms with Gasteiger partial charge in [-0.25, -0.2) is 0 Å². The number of nitrogens with zero attached hydrogens (tertiary/aromatic N) is 1. The van der Waals surface area contributed by atoms with Crippen LogP contribution in [0.25, 0.3) is 0 Å². The lowest BCUT2D eigenvalue weighted by Crippen LogP contribution is -2.46. The summed E-state index contributed by atoms with van der Waals surface area (Å²) in [6, 6.07) is 0. The molecule has 0 atom stereocenters. The van der Waals surface area contributed by atoms with E-state index < -0.39 is 0 Å². The van der Waals surface area contributed by atoms with Crippen molar-refractivity contribution in [2.75, 3.05) is 6.61 Å². The van der Waals surface area contributed by atoms with Gasteiger partial charge in [0.05, 0.1) is 6.61 Å². The number of hydrogen-bond acceptors (Lipinski definition) is 5. The third-order valence-electron chi connectivity index (χ3n) is 6.91. The average Bonchev–Trinajstić information content (AvgIpc) is 3.08. The second-order valence-corrected chi connectivity index (χ2v) is 11.1. The van der Waals surface area contributed by atoms with Crippen LogP contribution in [0.4, 0.5) is 0 Å². The van der Waals surface area contributed by atoms with Crippen LogP contribution in [0, 0.1) is 11.8 Å². The SMILES string of the molecule is CCOc1noc(C(=O)NC2(C)CCCC(C(C)C)CCC2)c1SC1CCCCC1. The molecule has 3 rings (SSSR count). The standard InChI is InChI=1S/C24H40N2O3S/c1-5-28-23-21(30-19-13-7-6-8-14-19)20(29-26-23)22(27)25-24(4)15-9-11-18(17(2)3)12-10-16-24/h17-19H,5-16H2,1-4H3,(H,25,27). The van der Waals surface area contributed by atoms with E-state index >= 15 is 0 Å². The summed E-state index contributed by atoms with van der Waals surface area (Å²) in [6.45, 7) is 9.30. The Kier molecular flexibility index (Phi) is 8.55. The summed E-state index contributed by atoms with van der Waals surface area (Å²) in [6.07, 6.45) is 13.0. The van der Waals surface area contributed by atoms with Crippen LogP contribution in [0.5, 0.6) is 5.88 Å². The average molecular weight is 437 g/mol. The summed E-state index contributed by atoms with van der Waals surface area (Å²) in [5.41, 5.74) is -0.190. The number of ether oxygens (including phenoxy) is 1. The molecule has 0 bridgehead atoms. The molecule has 0 aliphatic heterocycles. The van der Waals surface area contributed by atoms with E-state index in [-0.39, 0.29) is 11.4 Å². The molecular formula is C24H40N2O3S. The van der Waals surface area contributed by atoms with Crippen LogP contribution in [0.1, 0.15) is 109 Å². The molecule has 0 unspecified atom stereocenters. The molecule has 30 heavy (non-hydrogen) atoms. The molecule has 1 N–H and O–H groups in total. The van der Waals surface area contributed by atoms with Crippen LogP contribution >= 0.6 is 11.8 Å². The van der Waals surface area contributed by atoms with Crippen molar-refractivity contribution in [1.29, 1.82) is 0 Å². The van der Waals surface area contributed by atoms with Gasteiger partial charge in [0.1, 0.15) is 4.90 Å². The molecule has 1 aromatic rings. The highest BCUT2D eigenvalue weighted by atomic mass is 32.2. The van der Waals surface area contributed by atoms with Crippen LogP contribution in [-0.4, -0.2) is 28.5 Å². The highest BCUT2D eigenvalue weighted by Gasteiger charge is 2.33. The zero-order chi connectivity index (χ0) is 21.6. The number of nitrogens with one attached hydrogen (secondary N) is 1. The van der Waals surface area contributed by atoms with Crippen molar-refractivity contribution in [3.05, 3.63) is 5.76 Å². The largest absolute Gasteiger partial charge is 0.475 e. The Bertz CT molecular complexity index is 672. The molecule has 170 valence electrons. The Hall–Kier alpha value is -1.17. The van der Waals surface area contributed by atoms with E-state index in [1.807, 2.05) is 6.92 Å². The summed E-state index contributed by atoms with van der Waals surface area (Å²) in [7, 11) is 0. The van der Waals surface area contributed by atoms with Gasteiger partial charge in [0.25, 0.3) is 11.8 Å². The van der Waals surface area contributed by atoms with Gasteiger partial charge in [0, 0.05) is 10.8 Å². The van der Waals surface area contributed by atoms with Crippen LogP contribution in [0.3, 0.4) is 0 Å². The molecule has 0 spiro atoms. The summed E-state index contributed by atoms with van der Waals surface area (Å²) >= 11 is 1.72. The molecule has 6 heteroatoms. The smallest absolute Gasteiger partial charge is 0.291 e. The molecule has 0 aromatic carbocycles. The molecule has 2 saturated carbocycles. The lowest BCUT2D eigenvalue weighted by molar-refractivity contribution is 0.0841. The van der Waals surface area contributed by atoms with Crippen LogP contribution < -0.4 is 10.1 Å². The van der Waals surface area contributed by atoms with Crippen molar-refractivity contribution in [1.82, 2.24) is 10.5 Å². The van der Waals surface area contributed by atoms with Gasteiger partial charge in [-0.3, -0.25) is 4.79 Å². The molecule has 1 aromatic heterocycles. The van der Waals surface area contributed by atoms with Crippen molar-refractivity contribution in [3.63, 3.8) is 0 Å². The molecule has 5 nitrogen and oxygen atoms in total. The third kappa shape index (κ3) is 6.18. The van der Waals surface area contributed by atoms with Gasteiger partial charge in [-0.15, -0.1) is 11.8 Å². The molecule has 2 fully saturated rings. The Morgan fingerprint density at radius 2 is 1.83 bits per heavy atom. The summed E-state index contributed by atoms with van der Waals surface area (Å²) in [5, 5.41) is 7.92. The molecule has 1 heterocycles. The van der Waals surface area contributed by atoms with Crippen molar-refractivity contribution in [3.8, 4) is 5.88 Å². The van der Waals surface area contributed by atoms with Gasteiger partial charge < -0.3 is 14.6 Å². The summed E-state index contributed by atoms with van der Waals surface area (Å²) < 4.78 is 11.2. The molecule has 2 aliphatic rings. The minimum absolute atomic E-state index is 0.143. The number of thioether (sulfide) groups is 1. The Morgan fingerprint density at radius 1 is 1.17 bits per heavy atom. The summed E-state index contributed by atoms with van der Waals surface area (Å²) in [5.74, 6) is 2.22. The molecule has 1 amide bonds. The van der Waals surface area contributed by atoms with E-state index in [9.17, 15) is 4.79 Å². The van der Waals surface area contributed by atoms with E-state index in [0.29, 0.717) is 23.5 Å². The predicted molar refractivity (Wildman–Crippen MR) is 122 cm³/mol. The van der Waals surface area contributed by atoms with E-state index in [2.05, 4.69) is 31.2 Å². The molecular weight excluding hydrogens is 396 g/mol. The van der Waals surface area contributed by atoms with Crippen LogP contribution in [0.15, 0.2) is 9.42 Å². The first-order chi connectivity index (χ1) is 14.4. The lowest BCUT2D eigenvalue weighted by atomic mass is 9.78. The fourth-order valence-corrected chi connectivity index (χ4v) is 6.33. The minimum atomic E-state index is -0.190. The number of amides is 1. The Labute approximate surface area is 186 Å². The maximum atomic E-state index is 13.3. The normalized spacial score (nSPS) is 26.2. The van der Waals surface area contributed by atoms with E-state index in [4.69, 9.17) is 9.26 Å². The Morgan fingerprint density at radius 3 is 2.43 bits per heavy atom. The van der Waals surface area contributed by atoms with E-state index in [0.717, 1.165) is 42.4 Å². The minimum Gasteiger partial charge on any atom is -0.475 e. The number of aromatic nitrogens is 1. The highest BCUT2D eigenvalue weighted by Crippen LogP contribution is 2.41. The van der Waals surface area contributed by atoms with E-state index in [1.54, 1.807) is 11.8 Å². The quantitative estimate of drug-likeness (QED) is 0.521. The highest BCUT2D eigenvalue weighted by molar-refractivity contribution is 8.00. The van der Waals surface area contributed by atoms with Gasteiger partial charge >= 0.3 is 0 Å². The first-order valence-electron chi connectivity index (χ1n) is 12.0. The molecule has 0 saturated heterocycles. The second-order valence-electron chi connectivity index (χ2n) is 9.76. The maximum Gasteiger partial charge on any atom is 0.291 e. The van der Waals surface area contributed by atoms with Gasteiger partial charge in [0.15, 0.2) is 0 Å². The lowest BCUT2D eigenvalue weighted by Gasteiger charge is -2.35. The number of rotatable bonds is 7. The monoisotopic (exact) mass is 436 g/mol. The first-order valence-corrected chi connectivity index (χ1v) is 12.9. The maximum absolute atomic E-state index is 13.3. The first kappa shape index (κ1) is 23.5. The van der Waals surface area contributed by atoms with Gasteiger partial charge in [0.2, 0.25) is 5.76 Å². The van der Waals surface area contributed by atoms with Crippen LogP contribution in [-0.2, 0) is 0 Å². The van der Waals surface area contributed by atoms with Gasteiger partial charge in [-0.1, -0.05) is 58.8 Å². The molecule has 2 aliphatic carbocycles. The fraction of sp³-hybridized carbons (Fsp3) is 0.833. The predicted octanol–water partition coefficient (Wildman–Crippen LogP) is 6.61. The number of carbonyl (C=O) groups is 1. The molecule has 0 radical (unpaired) electrons. The number of carbonyl (C=O) groups excluding carboxylic acids is 1. The number of hydrogen-bond donors (Lipinski definition) is 1.